The van der Waals surface area contributed by atoms with E-state index in [1.165, 1.54) is 0 Å². The average Bonchev–Trinajstić information content (AvgIpc) is 2.37. The Hall–Kier alpha value is -1.10. The van der Waals surface area contributed by atoms with Gasteiger partial charge in [-0.2, -0.15) is 0 Å². The van der Waals surface area contributed by atoms with Gasteiger partial charge in [0, 0.05) is 19.7 Å². The zero-order valence-corrected chi connectivity index (χ0v) is 11.9. The fraction of sp³-hybridized carbons (Fsp3) is 0.857. The molecule has 1 N–H and O–H groups in total. The van der Waals surface area contributed by atoms with Crippen LogP contribution >= 0.6 is 0 Å². The first-order chi connectivity index (χ1) is 9.04. The summed E-state index contributed by atoms with van der Waals surface area (Å²) >= 11 is 0. The van der Waals surface area contributed by atoms with Gasteiger partial charge in [0.25, 0.3) is 0 Å². The molecule has 0 bridgehead atoms. The highest BCUT2D eigenvalue weighted by Gasteiger charge is 2.31. The number of nitrogens with zero attached hydrogens (tertiary/aromatic N) is 1. The molecular formula is C14H25NO4. The van der Waals surface area contributed by atoms with E-state index >= 15 is 0 Å². The topological polar surface area (TPSA) is 66.8 Å². The van der Waals surface area contributed by atoms with Gasteiger partial charge >= 0.3 is 5.97 Å². The second kappa shape index (κ2) is 8.15. The van der Waals surface area contributed by atoms with Gasteiger partial charge in [0.05, 0.1) is 5.92 Å². The van der Waals surface area contributed by atoms with Crippen molar-refractivity contribution in [3.8, 4) is 0 Å². The molecule has 0 spiro atoms. The minimum absolute atomic E-state index is 0.0722. The lowest BCUT2D eigenvalue weighted by Gasteiger charge is -2.34. The monoisotopic (exact) mass is 271 g/mol. The predicted molar refractivity (Wildman–Crippen MR) is 71.8 cm³/mol. The minimum atomic E-state index is -0.812. The summed E-state index contributed by atoms with van der Waals surface area (Å²) in [5.41, 5.74) is 0. The van der Waals surface area contributed by atoms with Gasteiger partial charge in [-0.3, -0.25) is 9.59 Å². The molecule has 0 aromatic carbocycles. The van der Waals surface area contributed by atoms with Gasteiger partial charge in [0.2, 0.25) is 5.91 Å². The van der Waals surface area contributed by atoms with E-state index in [4.69, 9.17) is 9.84 Å². The van der Waals surface area contributed by atoms with E-state index < -0.39 is 11.9 Å². The van der Waals surface area contributed by atoms with Crippen LogP contribution in [-0.4, -0.2) is 48.2 Å². The third-order valence-electron chi connectivity index (χ3n) is 3.48. The Balaban J connectivity index is 2.32. The zero-order valence-electron chi connectivity index (χ0n) is 11.9. The molecule has 5 heteroatoms. The van der Waals surface area contributed by atoms with E-state index in [2.05, 4.69) is 6.92 Å². The highest BCUT2D eigenvalue weighted by Crippen LogP contribution is 2.21. The van der Waals surface area contributed by atoms with E-state index in [1.807, 2.05) is 6.92 Å². The van der Waals surface area contributed by atoms with Crippen molar-refractivity contribution in [2.24, 2.45) is 11.8 Å². The van der Waals surface area contributed by atoms with Crippen molar-refractivity contribution >= 4 is 11.9 Å². The van der Waals surface area contributed by atoms with Gasteiger partial charge in [-0.05, 0) is 18.8 Å². The molecule has 0 aliphatic carbocycles. The fourth-order valence-corrected chi connectivity index (χ4v) is 2.44. The van der Waals surface area contributed by atoms with E-state index in [0.29, 0.717) is 26.1 Å². The minimum Gasteiger partial charge on any atom is -0.481 e. The van der Waals surface area contributed by atoms with Crippen molar-refractivity contribution in [3.63, 3.8) is 0 Å². The zero-order chi connectivity index (χ0) is 14.3. The number of carbonyl (C=O) groups is 2. The molecule has 1 aliphatic heterocycles. The molecule has 0 aromatic heterocycles. The quantitative estimate of drug-likeness (QED) is 0.716. The molecule has 1 aliphatic rings. The molecular weight excluding hydrogens is 246 g/mol. The molecule has 2 atom stereocenters. The first-order valence-electron chi connectivity index (χ1n) is 7.12. The summed E-state index contributed by atoms with van der Waals surface area (Å²) in [6.07, 6.45) is 3.85. The van der Waals surface area contributed by atoms with Gasteiger partial charge < -0.3 is 14.7 Å². The Morgan fingerprint density at radius 3 is 2.68 bits per heavy atom. The van der Waals surface area contributed by atoms with Crippen molar-refractivity contribution in [2.45, 2.75) is 39.5 Å². The Morgan fingerprint density at radius 1 is 1.32 bits per heavy atom. The van der Waals surface area contributed by atoms with E-state index in [-0.39, 0.29) is 18.4 Å². The molecule has 1 saturated heterocycles. The number of piperidine rings is 1. The van der Waals surface area contributed by atoms with Crippen LogP contribution in [0.15, 0.2) is 0 Å². The number of carbonyl (C=O) groups excluding carboxylic acids is 1. The lowest BCUT2D eigenvalue weighted by Crippen LogP contribution is -2.46. The predicted octanol–water partition coefficient (Wildman–Crippen LogP) is 1.76. The first-order valence-corrected chi connectivity index (χ1v) is 7.12. The normalized spacial score (nSPS) is 23.4. The Morgan fingerprint density at radius 2 is 2.05 bits per heavy atom. The lowest BCUT2D eigenvalue weighted by molar-refractivity contribution is -0.148. The summed E-state index contributed by atoms with van der Waals surface area (Å²) in [6.45, 7) is 5.73. The van der Waals surface area contributed by atoms with Gasteiger partial charge in [0.1, 0.15) is 6.61 Å². The molecule has 5 nitrogen and oxygen atoms in total. The van der Waals surface area contributed by atoms with Crippen molar-refractivity contribution in [1.82, 2.24) is 4.90 Å². The van der Waals surface area contributed by atoms with Crippen LogP contribution in [0.3, 0.4) is 0 Å². The lowest BCUT2D eigenvalue weighted by atomic mass is 9.90. The smallest absolute Gasteiger partial charge is 0.308 e. The van der Waals surface area contributed by atoms with Crippen molar-refractivity contribution in [1.29, 1.82) is 0 Å². The molecule has 1 amide bonds. The first kappa shape index (κ1) is 16.0. The van der Waals surface area contributed by atoms with Crippen LogP contribution in [0.1, 0.15) is 39.5 Å². The van der Waals surface area contributed by atoms with Crippen molar-refractivity contribution in [2.75, 3.05) is 26.3 Å². The highest BCUT2D eigenvalue weighted by molar-refractivity contribution is 5.79. The van der Waals surface area contributed by atoms with Crippen molar-refractivity contribution < 1.29 is 19.4 Å². The van der Waals surface area contributed by atoms with Gasteiger partial charge in [0.15, 0.2) is 0 Å². The summed E-state index contributed by atoms with van der Waals surface area (Å²) in [7, 11) is 0. The Kier molecular flexibility index (Phi) is 6.84. The standard InChI is InChI=1S/C14H25NO4/c1-3-4-5-6-19-10-13(16)15-8-11(2)7-12(9-15)14(17)18/h11-12H,3-10H2,1-2H3,(H,17,18). The number of carboxylic acids is 1. The number of carboxylic acid groups (broad SMARTS) is 1. The third kappa shape index (κ3) is 5.59. The number of amides is 1. The molecule has 1 fully saturated rings. The number of hydrogen-bond donors (Lipinski definition) is 1. The summed E-state index contributed by atoms with van der Waals surface area (Å²) in [5, 5.41) is 9.06. The van der Waals surface area contributed by atoms with Crippen LogP contribution < -0.4 is 0 Å². The molecule has 1 heterocycles. The molecule has 0 saturated carbocycles. The maximum atomic E-state index is 12.0. The van der Waals surface area contributed by atoms with Crippen LogP contribution in [0.2, 0.25) is 0 Å². The van der Waals surface area contributed by atoms with Gasteiger partial charge in [-0.25, -0.2) is 0 Å². The van der Waals surface area contributed by atoms with Gasteiger partial charge in [-0.15, -0.1) is 0 Å². The molecule has 19 heavy (non-hydrogen) atoms. The molecule has 0 radical (unpaired) electrons. The maximum Gasteiger partial charge on any atom is 0.308 e. The van der Waals surface area contributed by atoms with Crippen molar-refractivity contribution in [3.05, 3.63) is 0 Å². The largest absolute Gasteiger partial charge is 0.481 e. The fourth-order valence-electron chi connectivity index (χ4n) is 2.44. The van der Waals surface area contributed by atoms with E-state index in [0.717, 1.165) is 19.3 Å². The Bertz CT molecular complexity index is 306. The summed E-state index contributed by atoms with van der Waals surface area (Å²) in [5.74, 6) is -1.10. The molecule has 0 aromatic rings. The van der Waals surface area contributed by atoms with E-state index in [1.54, 1.807) is 4.90 Å². The second-order valence-electron chi connectivity index (χ2n) is 5.43. The number of likely N-dealkylation sites (tertiary alicyclic amines) is 1. The number of ether oxygens (including phenoxy) is 1. The van der Waals surface area contributed by atoms with Gasteiger partial charge in [-0.1, -0.05) is 26.7 Å². The molecule has 1 rings (SSSR count). The summed E-state index contributed by atoms with van der Waals surface area (Å²) in [4.78, 5) is 24.6. The highest BCUT2D eigenvalue weighted by atomic mass is 16.5. The van der Waals surface area contributed by atoms with Crippen LogP contribution in [0, 0.1) is 11.8 Å². The summed E-state index contributed by atoms with van der Waals surface area (Å²) in [6, 6.07) is 0. The average molecular weight is 271 g/mol. The van der Waals surface area contributed by atoms with E-state index in [9.17, 15) is 9.59 Å². The third-order valence-corrected chi connectivity index (χ3v) is 3.48. The number of rotatable bonds is 7. The molecule has 2 unspecified atom stereocenters. The summed E-state index contributed by atoms with van der Waals surface area (Å²) < 4.78 is 5.34. The van der Waals surface area contributed by atoms with Crippen LogP contribution in [0.5, 0.6) is 0 Å². The number of unbranched alkanes of at least 4 members (excludes halogenated alkanes) is 2. The van der Waals surface area contributed by atoms with Crippen LogP contribution in [0.4, 0.5) is 0 Å². The SMILES string of the molecule is CCCCCOCC(=O)N1CC(C)CC(C(=O)O)C1. The number of hydrogen-bond acceptors (Lipinski definition) is 3. The maximum absolute atomic E-state index is 12.0. The Labute approximate surface area is 114 Å². The molecule has 110 valence electrons. The number of aliphatic carboxylic acids is 1. The van der Waals surface area contributed by atoms with Crippen LogP contribution in [-0.2, 0) is 14.3 Å². The van der Waals surface area contributed by atoms with Crippen LogP contribution in [0.25, 0.3) is 0 Å². The second-order valence-corrected chi connectivity index (χ2v) is 5.43.